The molecule has 42 heavy (non-hydrogen) atoms. The molecule has 1 aliphatic carbocycles. The van der Waals surface area contributed by atoms with Gasteiger partial charge < -0.3 is 15.1 Å². The Kier molecular flexibility index (Phi) is 8.17. The van der Waals surface area contributed by atoms with Crippen LogP contribution in [0.3, 0.4) is 0 Å². The van der Waals surface area contributed by atoms with Crippen LogP contribution in [0.5, 0.6) is 0 Å². The topological polar surface area (TPSA) is 112 Å². The molecule has 0 radical (unpaired) electrons. The number of alkyl halides is 6. The lowest BCUT2D eigenvalue weighted by Gasteiger charge is -2.34. The predicted octanol–water partition coefficient (Wildman–Crippen LogP) is 4.93. The van der Waals surface area contributed by atoms with Crippen molar-refractivity contribution < 1.29 is 59.0 Å². The smallest absolute Gasteiger partial charge is 0.430 e. The molecular formula is C27H26F7NO6S. The first-order valence-electron chi connectivity index (χ1n) is 12.8. The van der Waals surface area contributed by atoms with Gasteiger partial charge in [-0.2, -0.15) is 26.3 Å². The van der Waals surface area contributed by atoms with Gasteiger partial charge in [0.2, 0.25) is 5.91 Å². The van der Waals surface area contributed by atoms with Crippen molar-refractivity contribution in [1.82, 2.24) is 4.90 Å². The lowest BCUT2D eigenvalue weighted by atomic mass is 9.81. The number of amides is 1. The molecule has 0 bridgehead atoms. The van der Waals surface area contributed by atoms with Crippen LogP contribution in [-0.4, -0.2) is 60.8 Å². The first-order valence-corrected chi connectivity index (χ1v) is 14.3. The van der Waals surface area contributed by atoms with E-state index < -0.39 is 74.2 Å². The van der Waals surface area contributed by atoms with E-state index in [4.69, 9.17) is 0 Å². The van der Waals surface area contributed by atoms with Gasteiger partial charge in [-0.15, -0.1) is 0 Å². The second-order valence-corrected chi connectivity index (χ2v) is 12.9. The number of hydrogen-bond acceptors (Lipinski definition) is 5. The molecule has 4 rings (SSSR count). The van der Waals surface area contributed by atoms with Crippen LogP contribution >= 0.6 is 0 Å². The lowest BCUT2D eigenvalue weighted by Crippen LogP contribution is -2.54. The molecule has 0 aromatic heterocycles. The minimum Gasteiger partial charge on any atom is -0.481 e. The van der Waals surface area contributed by atoms with E-state index in [1.807, 2.05) is 0 Å². The summed E-state index contributed by atoms with van der Waals surface area (Å²) in [7, 11) is -4.54. The van der Waals surface area contributed by atoms with Crippen molar-refractivity contribution in [3.63, 3.8) is 0 Å². The zero-order valence-electron chi connectivity index (χ0n) is 21.8. The molecular weight excluding hydrogens is 599 g/mol. The minimum atomic E-state index is -6.15. The lowest BCUT2D eigenvalue weighted by molar-refractivity contribution is -0.376. The van der Waals surface area contributed by atoms with Crippen LogP contribution in [0, 0.1) is 17.7 Å². The minimum absolute atomic E-state index is 0.130. The van der Waals surface area contributed by atoms with Crippen molar-refractivity contribution in [3.8, 4) is 0 Å². The Hall–Kier alpha value is -3.20. The Morgan fingerprint density at radius 1 is 0.833 bits per heavy atom. The number of carbonyl (C=O) groups excluding carboxylic acids is 1. The number of nitrogens with zero attached hydrogens (tertiary/aromatic N) is 1. The fraction of sp³-hybridized carbons (Fsp3) is 0.481. The molecule has 1 amide bonds. The normalized spacial score (nSPS) is 24.0. The molecule has 2 aromatic rings. The van der Waals surface area contributed by atoms with Crippen LogP contribution in [0.15, 0.2) is 53.4 Å². The first kappa shape index (κ1) is 31.7. The average Bonchev–Trinajstić information content (AvgIpc) is 3.39. The van der Waals surface area contributed by atoms with Gasteiger partial charge in [-0.25, -0.2) is 12.8 Å². The maximum Gasteiger partial charge on any atom is 0.430 e. The number of carboxylic acid groups (broad SMARTS) is 1. The van der Waals surface area contributed by atoms with Gasteiger partial charge in [0.15, 0.2) is 9.84 Å². The fourth-order valence-corrected chi connectivity index (χ4v) is 7.85. The summed E-state index contributed by atoms with van der Waals surface area (Å²) in [5.74, 6) is -3.41. The van der Waals surface area contributed by atoms with Gasteiger partial charge in [-0.1, -0.05) is 24.3 Å². The maximum atomic E-state index is 14.0. The van der Waals surface area contributed by atoms with Gasteiger partial charge in [0.1, 0.15) is 10.6 Å². The zero-order valence-corrected chi connectivity index (χ0v) is 22.6. The molecule has 2 aromatic carbocycles. The summed E-state index contributed by atoms with van der Waals surface area (Å²) in [6, 6.07) is 5.83. The Morgan fingerprint density at radius 3 is 1.81 bits per heavy atom. The van der Waals surface area contributed by atoms with Gasteiger partial charge in [0.05, 0.1) is 10.8 Å². The second kappa shape index (κ2) is 10.8. The van der Waals surface area contributed by atoms with Gasteiger partial charge in [-0.05, 0) is 61.9 Å². The summed E-state index contributed by atoms with van der Waals surface area (Å²) in [5.41, 5.74) is -7.04. The van der Waals surface area contributed by atoms with Crippen LogP contribution < -0.4 is 0 Å². The van der Waals surface area contributed by atoms with E-state index in [0.29, 0.717) is 12.1 Å². The Balaban J connectivity index is 1.74. The van der Waals surface area contributed by atoms with Gasteiger partial charge in [-0.3, -0.25) is 9.59 Å². The van der Waals surface area contributed by atoms with Gasteiger partial charge in [0, 0.05) is 24.6 Å². The number of benzene rings is 2. The van der Waals surface area contributed by atoms with E-state index in [1.165, 1.54) is 4.90 Å². The quantitative estimate of drug-likeness (QED) is 0.348. The Bertz CT molecular complexity index is 1420. The number of aliphatic carboxylic acids is 1. The second-order valence-electron chi connectivity index (χ2n) is 10.6. The van der Waals surface area contributed by atoms with E-state index >= 15 is 0 Å². The molecule has 1 heterocycles. The van der Waals surface area contributed by atoms with E-state index in [2.05, 4.69) is 0 Å². The molecule has 1 saturated heterocycles. The molecule has 2 aliphatic rings. The van der Waals surface area contributed by atoms with Crippen molar-refractivity contribution >= 4 is 21.7 Å². The van der Waals surface area contributed by atoms with Crippen LogP contribution in [0.4, 0.5) is 30.7 Å². The number of halogens is 7. The Labute approximate surface area is 235 Å². The van der Waals surface area contributed by atoms with E-state index in [0.717, 1.165) is 36.4 Å². The summed E-state index contributed by atoms with van der Waals surface area (Å²) in [4.78, 5) is 25.5. The number of carbonyl (C=O) groups is 2. The van der Waals surface area contributed by atoms with Crippen molar-refractivity contribution in [2.24, 2.45) is 11.8 Å². The summed E-state index contributed by atoms with van der Waals surface area (Å²) >= 11 is 0. The highest BCUT2D eigenvalue weighted by Crippen LogP contribution is 2.51. The van der Waals surface area contributed by atoms with Crippen LogP contribution in [0.25, 0.3) is 0 Å². The number of likely N-dealkylation sites (tertiary alicyclic amines) is 1. The molecule has 2 N–H and O–H groups in total. The average molecular weight is 626 g/mol. The first-order chi connectivity index (χ1) is 19.3. The molecule has 0 unspecified atom stereocenters. The summed E-state index contributed by atoms with van der Waals surface area (Å²) in [6.45, 7) is -0.637. The number of carboxylic acids is 1. The van der Waals surface area contributed by atoms with Crippen molar-refractivity contribution in [2.75, 3.05) is 13.1 Å². The highest BCUT2D eigenvalue weighted by Gasteiger charge is 2.71. The van der Waals surface area contributed by atoms with Crippen molar-refractivity contribution in [2.45, 2.75) is 59.7 Å². The van der Waals surface area contributed by atoms with E-state index in [1.54, 1.807) is 0 Å². The molecule has 230 valence electrons. The zero-order chi connectivity index (χ0) is 31.3. The molecule has 1 saturated carbocycles. The largest absolute Gasteiger partial charge is 0.481 e. The van der Waals surface area contributed by atoms with E-state index in [-0.39, 0.29) is 49.1 Å². The highest BCUT2D eigenvalue weighted by atomic mass is 32.2. The number of aliphatic hydroxyl groups is 1. The predicted molar refractivity (Wildman–Crippen MR) is 132 cm³/mol. The number of sulfone groups is 1. The highest BCUT2D eigenvalue weighted by molar-refractivity contribution is 7.92. The molecule has 2 fully saturated rings. The van der Waals surface area contributed by atoms with Crippen LogP contribution in [-0.2, 0) is 29.8 Å². The molecule has 7 nitrogen and oxygen atoms in total. The standard InChI is InChI=1S/C27H26F7NO6S/c28-20-9-11-21(12-10-20)42(40,41)24(13-14-35(15-24)22(36)16-1-3-17(4-2-16)23(37)38)18-5-7-19(8-6-18)25(39,26(29,30)31)27(32,33)34/h5-12,16-17,39H,1-4,13-15H2,(H,37,38)/t16-,17-,24-/m0/s1. The number of rotatable bonds is 6. The number of hydrogen-bond donors (Lipinski definition) is 2. The van der Waals surface area contributed by atoms with Crippen LogP contribution in [0.1, 0.15) is 43.2 Å². The van der Waals surface area contributed by atoms with Crippen molar-refractivity contribution in [1.29, 1.82) is 0 Å². The summed E-state index contributed by atoms with van der Waals surface area (Å²) in [5, 5.41) is 19.0. The van der Waals surface area contributed by atoms with Crippen molar-refractivity contribution in [3.05, 3.63) is 65.5 Å². The maximum absolute atomic E-state index is 14.0. The molecule has 1 atom stereocenters. The Morgan fingerprint density at radius 2 is 1.33 bits per heavy atom. The molecule has 1 aliphatic heterocycles. The monoisotopic (exact) mass is 625 g/mol. The SMILES string of the molecule is O=C(O)[C@H]1CC[C@H](C(=O)N2CC[C@](c3ccc(C(O)(C(F)(F)F)C(F)(F)F)cc3)(S(=O)(=O)c3ccc(F)cc3)C2)CC1. The van der Waals surface area contributed by atoms with Crippen LogP contribution in [0.2, 0.25) is 0 Å². The summed E-state index contributed by atoms with van der Waals surface area (Å²) < 4.78 is 120. The van der Waals surface area contributed by atoms with Gasteiger partial charge >= 0.3 is 18.3 Å². The third-order valence-corrected chi connectivity index (χ3v) is 10.7. The molecule has 0 spiro atoms. The third-order valence-electron chi connectivity index (χ3n) is 8.26. The molecule has 15 heteroatoms. The van der Waals surface area contributed by atoms with E-state index in [9.17, 15) is 59.0 Å². The fourth-order valence-electron chi connectivity index (χ4n) is 5.77. The van der Waals surface area contributed by atoms with Gasteiger partial charge in [0.25, 0.3) is 5.60 Å². The third kappa shape index (κ3) is 5.25. The summed E-state index contributed by atoms with van der Waals surface area (Å²) in [6.07, 6.45) is -11.6.